The number of hydrogen-bond acceptors (Lipinski definition) is 5. The van der Waals surface area contributed by atoms with Crippen LogP contribution in [0.5, 0.6) is 0 Å². The Morgan fingerprint density at radius 2 is 2.11 bits per heavy atom. The molecule has 0 radical (unpaired) electrons. The lowest BCUT2D eigenvalue weighted by Gasteiger charge is -2.34. The zero-order valence-electron chi connectivity index (χ0n) is 9.91. The fourth-order valence-electron chi connectivity index (χ4n) is 1.99. The van der Waals surface area contributed by atoms with Crippen molar-refractivity contribution in [3.63, 3.8) is 0 Å². The Morgan fingerprint density at radius 3 is 2.72 bits per heavy atom. The van der Waals surface area contributed by atoms with Crippen molar-refractivity contribution in [3.8, 4) is 6.07 Å². The van der Waals surface area contributed by atoms with E-state index in [9.17, 15) is 4.79 Å². The summed E-state index contributed by atoms with van der Waals surface area (Å²) in [5.41, 5.74) is 0.403. The van der Waals surface area contributed by atoms with E-state index in [1.165, 1.54) is 0 Å². The first kappa shape index (κ1) is 12.3. The summed E-state index contributed by atoms with van der Waals surface area (Å²) < 4.78 is 0. The van der Waals surface area contributed by atoms with Crippen molar-refractivity contribution in [2.75, 3.05) is 37.6 Å². The fraction of sp³-hybridized carbons (Fsp3) is 0.417. The molecule has 0 unspecified atom stereocenters. The molecule has 1 fully saturated rings. The monoisotopic (exact) mass is 246 g/mol. The van der Waals surface area contributed by atoms with E-state index in [1.807, 2.05) is 23.1 Å². The summed E-state index contributed by atoms with van der Waals surface area (Å²) >= 11 is 0. The summed E-state index contributed by atoms with van der Waals surface area (Å²) in [4.78, 5) is 18.8. The van der Waals surface area contributed by atoms with Crippen molar-refractivity contribution >= 4 is 11.8 Å². The first-order valence-electron chi connectivity index (χ1n) is 5.75. The third-order valence-corrected chi connectivity index (χ3v) is 2.90. The van der Waals surface area contributed by atoms with Crippen LogP contribution in [0.25, 0.3) is 0 Å². The Labute approximate surface area is 105 Å². The summed E-state index contributed by atoms with van der Waals surface area (Å²) in [7, 11) is 0. The molecule has 18 heavy (non-hydrogen) atoms. The molecule has 0 bridgehead atoms. The molecule has 2 heterocycles. The Balaban J connectivity index is 1.97. The maximum atomic E-state index is 10.6. The second-order valence-electron chi connectivity index (χ2n) is 4.15. The van der Waals surface area contributed by atoms with Gasteiger partial charge in [0.2, 0.25) is 0 Å². The molecule has 0 atom stereocenters. The molecular formula is C12H14N4O2. The van der Waals surface area contributed by atoms with Crippen LogP contribution in [0.4, 0.5) is 5.82 Å². The zero-order chi connectivity index (χ0) is 13.0. The minimum absolute atomic E-state index is 0.0828. The van der Waals surface area contributed by atoms with Crippen LogP contribution in [0.15, 0.2) is 18.2 Å². The summed E-state index contributed by atoms with van der Waals surface area (Å²) in [5.74, 6) is -0.0166. The molecule has 0 aliphatic carbocycles. The van der Waals surface area contributed by atoms with E-state index in [0.717, 1.165) is 18.9 Å². The lowest BCUT2D eigenvalue weighted by molar-refractivity contribution is -0.138. The van der Waals surface area contributed by atoms with Crippen LogP contribution in [0.1, 0.15) is 5.69 Å². The lowest BCUT2D eigenvalue weighted by Crippen LogP contribution is -2.48. The molecule has 1 saturated heterocycles. The van der Waals surface area contributed by atoms with Crippen molar-refractivity contribution in [2.45, 2.75) is 0 Å². The van der Waals surface area contributed by atoms with Crippen molar-refractivity contribution in [1.82, 2.24) is 9.88 Å². The largest absolute Gasteiger partial charge is 0.480 e. The molecule has 1 aliphatic heterocycles. The van der Waals surface area contributed by atoms with E-state index < -0.39 is 5.97 Å². The highest BCUT2D eigenvalue weighted by Gasteiger charge is 2.19. The lowest BCUT2D eigenvalue weighted by atomic mass is 10.3. The number of nitriles is 1. The molecule has 2 rings (SSSR count). The zero-order valence-corrected chi connectivity index (χ0v) is 9.91. The third kappa shape index (κ3) is 2.96. The van der Waals surface area contributed by atoms with Crippen LogP contribution in [-0.4, -0.2) is 53.7 Å². The summed E-state index contributed by atoms with van der Waals surface area (Å²) in [6.07, 6.45) is 0. The predicted octanol–water partition coefficient (Wildman–Crippen LogP) is 0.160. The van der Waals surface area contributed by atoms with Crippen LogP contribution in [0, 0.1) is 11.3 Å². The topological polar surface area (TPSA) is 80.5 Å². The van der Waals surface area contributed by atoms with Gasteiger partial charge in [0.1, 0.15) is 17.6 Å². The van der Waals surface area contributed by atoms with Crippen LogP contribution in [0.3, 0.4) is 0 Å². The number of anilines is 1. The van der Waals surface area contributed by atoms with E-state index in [2.05, 4.69) is 9.88 Å². The maximum absolute atomic E-state index is 10.6. The van der Waals surface area contributed by atoms with Crippen molar-refractivity contribution < 1.29 is 9.90 Å². The Morgan fingerprint density at radius 1 is 1.39 bits per heavy atom. The normalized spacial score (nSPS) is 16.3. The maximum Gasteiger partial charge on any atom is 0.317 e. The number of pyridine rings is 1. The van der Waals surface area contributed by atoms with E-state index >= 15 is 0 Å². The average molecular weight is 246 g/mol. The number of piperazine rings is 1. The Kier molecular flexibility index (Phi) is 3.75. The molecule has 0 spiro atoms. The van der Waals surface area contributed by atoms with Gasteiger partial charge in [-0.2, -0.15) is 5.26 Å². The van der Waals surface area contributed by atoms with E-state index in [1.54, 1.807) is 6.07 Å². The molecule has 6 nitrogen and oxygen atoms in total. The number of hydrogen-bond donors (Lipinski definition) is 1. The molecule has 1 aliphatic rings. The first-order chi connectivity index (χ1) is 8.69. The quantitative estimate of drug-likeness (QED) is 0.818. The number of rotatable bonds is 3. The van der Waals surface area contributed by atoms with E-state index in [4.69, 9.17) is 10.4 Å². The van der Waals surface area contributed by atoms with Gasteiger partial charge in [0, 0.05) is 26.2 Å². The van der Waals surface area contributed by atoms with Crippen molar-refractivity contribution in [1.29, 1.82) is 5.26 Å². The average Bonchev–Trinajstić information content (AvgIpc) is 2.39. The van der Waals surface area contributed by atoms with Crippen molar-refractivity contribution in [2.24, 2.45) is 0 Å². The summed E-state index contributed by atoms with van der Waals surface area (Å²) in [6, 6.07) is 7.37. The number of aliphatic carboxylic acids is 1. The predicted molar refractivity (Wildman–Crippen MR) is 65.2 cm³/mol. The molecule has 0 saturated carbocycles. The molecule has 6 heteroatoms. The second kappa shape index (κ2) is 5.47. The number of carboxylic acid groups (broad SMARTS) is 1. The molecular weight excluding hydrogens is 232 g/mol. The first-order valence-corrected chi connectivity index (χ1v) is 5.75. The van der Waals surface area contributed by atoms with Gasteiger partial charge in [0.05, 0.1) is 6.54 Å². The molecule has 1 aromatic heterocycles. The van der Waals surface area contributed by atoms with Crippen LogP contribution in [-0.2, 0) is 4.79 Å². The van der Waals surface area contributed by atoms with Gasteiger partial charge < -0.3 is 10.0 Å². The van der Waals surface area contributed by atoms with Gasteiger partial charge >= 0.3 is 5.97 Å². The highest BCUT2D eigenvalue weighted by atomic mass is 16.4. The minimum Gasteiger partial charge on any atom is -0.480 e. The third-order valence-electron chi connectivity index (χ3n) is 2.90. The standard InChI is InChI=1S/C12H14N4O2/c13-8-10-2-1-3-11(14-10)16-6-4-15(5-7-16)9-12(17)18/h1-3H,4-7,9H2,(H,17,18). The SMILES string of the molecule is N#Cc1cccc(N2CCN(CC(=O)O)CC2)n1. The van der Waals surface area contributed by atoms with E-state index in [-0.39, 0.29) is 6.54 Å². The molecule has 1 aromatic rings. The number of aromatic nitrogens is 1. The minimum atomic E-state index is -0.798. The van der Waals surface area contributed by atoms with Gasteiger partial charge in [0.15, 0.2) is 0 Å². The smallest absolute Gasteiger partial charge is 0.317 e. The van der Waals surface area contributed by atoms with Gasteiger partial charge in [-0.15, -0.1) is 0 Å². The van der Waals surface area contributed by atoms with Gasteiger partial charge in [-0.3, -0.25) is 9.69 Å². The van der Waals surface area contributed by atoms with E-state index in [0.29, 0.717) is 18.8 Å². The molecule has 1 N–H and O–H groups in total. The number of carbonyl (C=O) groups is 1. The van der Waals surface area contributed by atoms with Crippen molar-refractivity contribution in [3.05, 3.63) is 23.9 Å². The van der Waals surface area contributed by atoms with Gasteiger partial charge in [0.25, 0.3) is 0 Å². The number of nitrogens with zero attached hydrogens (tertiary/aromatic N) is 4. The molecule has 0 aromatic carbocycles. The fourth-order valence-corrected chi connectivity index (χ4v) is 1.99. The second-order valence-corrected chi connectivity index (χ2v) is 4.15. The van der Waals surface area contributed by atoms with Crippen LogP contribution >= 0.6 is 0 Å². The van der Waals surface area contributed by atoms with Gasteiger partial charge in [-0.25, -0.2) is 4.98 Å². The summed E-state index contributed by atoms with van der Waals surface area (Å²) in [6.45, 7) is 2.94. The number of carboxylic acids is 1. The van der Waals surface area contributed by atoms with Crippen LogP contribution < -0.4 is 4.90 Å². The van der Waals surface area contributed by atoms with Crippen LogP contribution in [0.2, 0.25) is 0 Å². The Hall–Kier alpha value is -2.13. The molecule has 94 valence electrons. The highest BCUT2D eigenvalue weighted by molar-refractivity contribution is 5.69. The molecule has 0 amide bonds. The summed E-state index contributed by atoms with van der Waals surface area (Å²) in [5, 5.41) is 17.5. The van der Waals surface area contributed by atoms with Gasteiger partial charge in [-0.1, -0.05) is 6.07 Å². The highest BCUT2D eigenvalue weighted by Crippen LogP contribution is 2.13. The Bertz CT molecular complexity index is 475. The van der Waals surface area contributed by atoms with Gasteiger partial charge in [-0.05, 0) is 12.1 Å².